The minimum atomic E-state index is -0.133. The third kappa shape index (κ3) is 3.37. The van der Waals surface area contributed by atoms with E-state index in [-0.39, 0.29) is 11.8 Å². The van der Waals surface area contributed by atoms with Crippen LogP contribution in [-0.4, -0.2) is 17.6 Å². The number of carbonyl (C=O) groups is 1. The van der Waals surface area contributed by atoms with Gasteiger partial charge in [0.25, 0.3) is 0 Å². The summed E-state index contributed by atoms with van der Waals surface area (Å²) in [5.41, 5.74) is 1.63. The van der Waals surface area contributed by atoms with Crippen LogP contribution in [0.25, 0.3) is 5.70 Å². The van der Waals surface area contributed by atoms with Crippen molar-refractivity contribution in [1.82, 2.24) is 4.98 Å². The van der Waals surface area contributed by atoms with Gasteiger partial charge in [-0.15, -0.1) is 0 Å². The molecule has 0 aliphatic carbocycles. The highest BCUT2D eigenvalue weighted by Gasteiger charge is 2.17. The number of hydrogen-bond acceptors (Lipinski definition) is 4. The molecule has 0 atom stereocenters. The minimum Gasteiger partial charge on any atom is -0.302 e. The molecule has 0 bridgehead atoms. The summed E-state index contributed by atoms with van der Waals surface area (Å²) in [7, 11) is 0. The first-order valence-electron chi connectivity index (χ1n) is 5.57. The van der Waals surface area contributed by atoms with E-state index in [9.17, 15) is 4.79 Å². The Morgan fingerprint density at radius 3 is 2.67 bits per heavy atom. The summed E-state index contributed by atoms with van der Waals surface area (Å²) in [6, 6.07) is 0. The zero-order valence-corrected chi connectivity index (χ0v) is 11.7. The van der Waals surface area contributed by atoms with Crippen molar-refractivity contribution in [3.63, 3.8) is 0 Å². The number of allylic oxidation sites excluding steroid dienone is 2. The molecule has 0 radical (unpaired) electrons. The highest BCUT2D eigenvalue weighted by molar-refractivity contribution is 7.17. The average Bonchev–Trinajstić information content (AvgIpc) is 2.68. The molecule has 1 N–H and O–H groups in total. The van der Waals surface area contributed by atoms with Crippen LogP contribution in [0.4, 0.5) is 5.13 Å². The Morgan fingerprint density at radius 1 is 1.56 bits per heavy atom. The Kier molecular flexibility index (Phi) is 4.97. The Morgan fingerprint density at radius 2 is 2.22 bits per heavy atom. The fraction of sp³-hybridized carbons (Fsp3) is 0.308. The molecule has 5 heteroatoms. The smallest absolute Gasteiger partial charge is 0.223 e. The number of amides is 1. The van der Waals surface area contributed by atoms with E-state index in [0.29, 0.717) is 5.13 Å². The van der Waals surface area contributed by atoms with Gasteiger partial charge in [0.2, 0.25) is 5.91 Å². The lowest BCUT2D eigenvalue weighted by atomic mass is 10.1. The molecule has 96 valence electrons. The summed E-state index contributed by atoms with van der Waals surface area (Å²) in [5, 5.41) is 3.28. The SMILES string of the molecule is C=C/C=C(\N=C)c1sc(NC(C)=O)nc1C(C)C. The Labute approximate surface area is 111 Å². The molecule has 0 unspecified atom stereocenters. The highest BCUT2D eigenvalue weighted by atomic mass is 32.1. The number of carbonyl (C=O) groups excluding carboxylic acids is 1. The van der Waals surface area contributed by atoms with Gasteiger partial charge < -0.3 is 5.32 Å². The van der Waals surface area contributed by atoms with Gasteiger partial charge in [0.1, 0.15) is 0 Å². The lowest BCUT2D eigenvalue weighted by Gasteiger charge is -2.04. The molecule has 0 saturated carbocycles. The molecule has 1 amide bonds. The maximum Gasteiger partial charge on any atom is 0.223 e. The largest absolute Gasteiger partial charge is 0.302 e. The average molecular weight is 263 g/mol. The highest BCUT2D eigenvalue weighted by Crippen LogP contribution is 2.34. The van der Waals surface area contributed by atoms with E-state index in [1.54, 1.807) is 12.2 Å². The molecule has 0 aromatic carbocycles. The van der Waals surface area contributed by atoms with Gasteiger partial charge >= 0.3 is 0 Å². The number of nitrogens with zero attached hydrogens (tertiary/aromatic N) is 2. The zero-order valence-electron chi connectivity index (χ0n) is 10.9. The fourth-order valence-corrected chi connectivity index (χ4v) is 2.58. The van der Waals surface area contributed by atoms with Gasteiger partial charge in [-0.25, -0.2) is 4.98 Å². The number of anilines is 1. The number of aromatic nitrogens is 1. The molecule has 0 fully saturated rings. The van der Waals surface area contributed by atoms with E-state index in [1.807, 2.05) is 13.8 Å². The predicted molar refractivity (Wildman–Crippen MR) is 78.2 cm³/mol. The molecule has 1 heterocycles. The number of nitrogens with one attached hydrogen (secondary N) is 1. The van der Waals surface area contributed by atoms with Crippen molar-refractivity contribution >= 4 is 34.8 Å². The second-order valence-corrected chi connectivity index (χ2v) is 5.01. The summed E-state index contributed by atoms with van der Waals surface area (Å²) < 4.78 is 0. The zero-order chi connectivity index (χ0) is 13.7. The van der Waals surface area contributed by atoms with E-state index in [2.05, 4.69) is 28.6 Å². The lowest BCUT2D eigenvalue weighted by Crippen LogP contribution is -2.05. The van der Waals surface area contributed by atoms with Gasteiger partial charge in [0, 0.05) is 6.92 Å². The van der Waals surface area contributed by atoms with Crippen LogP contribution in [-0.2, 0) is 4.79 Å². The first-order valence-corrected chi connectivity index (χ1v) is 6.39. The van der Waals surface area contributed by atoms with Crippen LogP contribution in [0.2, 0.25) is 0 Å². The monoisotopic (exact) mass is 263 g/mol. The second kappa shape index (κ2) is 6.26. The van der Waals surface area contributed by atoms with Crippen LogP contribution < -0.4 is 5.32 Å². The maximum absolute atomic E-state index is 11.1. The lowest BCUT2D eigenvalue weighted by molar-refractivity contribution is -0.114. The maximum atomic E-state index is 11.1. The van der Waals surface area contributed by atoms with Crippen LogP contribution in [0.3, 0.4) is 0 Å². The van der Waals surface area contributed by atoms with E-state index >= 15 is 0 Å². The van der Waals surface area contributed by atoms with Crippen LogP contribution in [0.5, 0.6) is 0 Å². The number of aliphatic imine (C=N–C) groups is 1. The van der Waals surface area contributed by atoms with Crippen molar-refractivity contribution in [2.24, 2.45) is 4.99 Å². The van der Waals surface area contributed by atoms with Crippen molar-refractivity contribution in [2.45, 2.75) is 26.7 Å². The van der Waals surface area contributed by atoms with Crippen molar-refractivity contribution in [3.8, 4) is 0 Å². The topological polar surface area (TPSA) is 54.4 Å². The summed E-state index contributed by atoms with van der Waals surface area (Å²) in [5.74, 6) is 0.111. The first kappa shape index (κ1) is 14.3. The molecular weight excluding hydrogens is 246 g/mol. The third-order valence-corrected chi connectivity index (χ3v) is 3.17. The molecule has 1 rings (SSSR count). The van der Waals surface area contributed by atoms with Gasteiger partial charge in [-0.1, -0.05) is 37.8 Å². The predicted octanol–water partition coefficient (Wildman–Crippen LogP) is 3.45. The van der Waals surface area contributed by atoms with Crippen molar-refractivity contribution < 1.29 is 4.79 Å². The Bertz CT molecular complexity index is 500. The van der Waals surface area contributed by atoms with Crippen LogP contribution in [0, 0.1) is 0 Å². The van der Waals surface area contributed by atoms with Gasteiger partial charge in [0.05, 0.1) is 16.3 Å². The summed E-state index contributed by atoms with van der Waals surface area (Å²) in [6.45, 7) is 12.8. The summed E-state index contributed by atoms with van der Waals surface area (Å²) >= 11 is 1.40. The molecule has 0 saturated heterocycles. The van der Waals surface area contributed by atoms with Gasteiger partial charge in [0.15, 0.2) is 5.13 Å². The number of hydrogen-bond donors (Lipinski definition) is 1. The van der Waals surface area contributed by atoms with E-state index in [1.165, 1.54) is 18.3 Å². The molecule has 1 aromatic heterocycles. The molecule has 0 aliphatic rings. The van der Waals surface area contributed by atoms with Crippen LogP contribution in [0.15, 0.2) is 23.7 Å². The Hall–Kier alpha value is -1.75. The summed E-state index contributed by atoms with van der Waals surface area (Å²) in [6.07, 6.45) is 3.44. The number of rotatable bonds is 5. The van der Waals surface area contributed by atoms with Crippen molar-refractivity contribution in [2.75, 3.05) is 5.32 Å². The molecular formula is C13H17N3OS. The van der Waals surface area contributed by atoms with Crippen molar-refractivity contribution in [3.05, 3.63) is 29.3 Å². The van der Waals surface area contributed by atoms with E-state index in [0.717, 1.165) is 16.3 Å². The molecule has 18 heavy (non-hydrogen) atoms. The molecule has 4 nitrogen and oxygen atoms in total. The number of thiazole rings is 1. The van der Waals surface area contributed by atoms with E-state index in [4.69, 9.17) is 0 Å². The molecule has 0 spiro atoms. The molecule has 1 aromatic rings. The first-order chi connectivity index (χ1) is 8.49. The van der Waals surface area contributed by atoms with Gasteiger partial charge in [-0.3, -0.25) is 9.79 Å². The standard InChI is InChI=1S/C13H17N3OS/c1-6-7-10(14-5)12-11(8(2)3)16-13(18-12)15-9(4)17/h6-8H,1,5H2,2-4H3,(H,15,16,17)/b10-7-. The van der Waals surface area contributed by atoms with Gasteiger partial charge in [-0.05, 0) is 18.7 Å². The van der Waals surface area contributed by atoms with E-state index < -0.39 is 0 Å². The second-order valence-electron chi connectivity index (χ2n) is 4.01. The van der Waals surface area contributed by atoms with Crippen molar-refractivity contribution in [1.29, 1.82) is 0 Å². The minimum absolute atomic E-state index is 0.133. The van der Waals surface area contributed by atoms with Crippen LogP contribution >= 0.6 is 11.3 Å². The van der Waals surface area contributed by atoms with Gasteiger partial charge in [-0.2, -0.15) is 0 Å². The Balaban J connectivity index is 3.27. The normalized spacial score (nSPS) is 11.4. The quantitative estimate of drug-likeness (QED) is 0.653. The fourth-order valence-electron chi connectivity index (χ4n) is 1.42. The molecule has 0 aliphatic heterocycles. The third-order valence-electron chi connectivity index (χ3n) is 2.16. The summed E-state index contributed by atoms with van der Waals surface area (Å²) in [4.78, 5) is 20.4. The van der Waals surface area contributed by atoms with Crippen LogP contribution in [0.1, 0.15) is 37.3 Å².